The van der Waals surface area contributed by atoms with Gasteiger partial charge in [0.1, 0.15) is 0 Å². The third-order valence-corrected chi connectivity index (χ3v) is 5.28. The first-order valence-electron chi connectivity index (χ1n) is 8.65. The molecule has 1 aromatic carbocycles. The Labute approximate surface area is 164 Å². The Morgan fingerprint density at radius 2 is 1.82 bits per heavy atom. The Balaban J connectivity index is 1.75. The lowest BCUT2D eigenvalue weighted by Crippen LogP contribution is -2.09. The molecule has 0 aliphatic heterocycles. The second kappa shape index (κ2) is 7.82. The van der Waals surface area contributed by atoms with Gasteiger partial charge in [-0.05, 0) is 55.8 Å². The Morgan fingerprint density at radius 3 is 2.43 bits per heavy atom. The van der Waals surface area contributed by atoms with E-state index in [1.807, 2.05) is 50.2 Å². The number of aromatic nitrogens is 2. The summed E-state index contributed by atoms with van der Waals surface area (Å²) in [7, 11) is -3.36. The fourth-order valence-corrected chi connectivity index (χ4v) is 3.51. The van der Waals surface area contributed by atoms with Crippen molar-refractivity contribution in [1.29, 1.82) is 0 Å². The van der Waals surface area contributed by atoms with Crippen molar-refractivity contribution in [2.24, 2.45) is 0 Å². The molecule has 28 heavy (non-hydrogen) atoms. The zero-order valence-electron chi connectivity index (χ0n) is 15.9. The van der Waals surface area contributed by atoms with Gasteiger partial charge >= 0.3 is 0 Å². The molecule has 0 aliphatic carbocycles. The van der Waals surface area contributed by atoms with Gasteiger partial charge in [0.2, 0.25) is 5.91 Å². The molecule has 144 valence electrons. The van der Waals surface area contributed by atoms with Crippen LogP contribution in [0.4, 0.5) is 5.69 Å². The van der Waals surface area contributed by atoms with E-state index in [2.05, 4.69) is 14.9 Å². The number of pyridine rings is 1. The van der Waals surface area contributed by atoms with E-state index >= 15 is 0 Å². The minimum atomic E-state index is -3.36. The number of aryl methyl sites for hydroxylation is 1. The smallest absolute Gasteiger partial charge is 0.248 e. The normalized spacial score (nSPS) is 11.7. The monoisotopic (exact) mass is 395 g/mol. The average Bonchev–Trinajstić information content (AvgIpc) is 2.94. The quantitative estimate of drug-likeness (QED) is 0.670. The summed E-state index contributed by atoms with van der Waals surface area (Å²) in [5.74, 6) is -0.321. The standard InChI is InChI=1S/C21H21N3O3S/c1-15-13-17(16(2)24(15)19-7-5-4-6-8-19)9-11-20(25)23-18-10-12-21(22-14-18)28(3,26)27/h4-14H,1-3H3,(H,23,25)/b11-9-. The van der Waals surface area contributed by atoms with Gasteiger partial charge in [-0.2, -0.15) is 0 Å². The molecule has 0 bridgehead atoms. The van der Waals surface area contributed by atoms with Gasteiger partial charge in [-0.3, -0.25) is 4.79 Å². The number of rotatable bonds is 5. The Bertz CT molecular complexity index is 1130. The lowest BCUT2D eigenvalue weighted by molar-refractivity contribution is -0.111. The van der Waals surface area contributed by atoms with Gasteiger partial charge in [-0.1, -0.05) is 18.2 Å². The van der Waals surface area contributed by atoms with Crippen LogP contribution >= 0.6 is 0 Å². The molecule has 0 saturated heterocycles. The van der Waals surface area contributed by atoms with Gasteiger partial charge in [0.05, 0.1) is 11.9 Å². The lowest BCUT2D eigenvalue weighted by atomic mass is 10.2. The number of carbonyl (C=O) groups is 1. The minimum absolute atomic E-state index is 0.0330. The summed E-state index contributed by atoms with van der Waals surface area (Å²) in [6.07, 6.45) is 5.61. The van der Waals surface area contributed by atoms with Gasteiger partial charge in [-0.15, -0.1) is 0 Å². The first-order chi connectivity index (χ1) is 13.3. The van der Waals surface area contributed by atoms with E-state index in [1.165, 1.54) is 24.4 Å². The van der Waals surface area contributed by atoms with E-state index in [4.69, 9.17) is 0 Å². The molecule has 0 aliphatic rings. The zero-order chi connectivity index (χ0) is 20.3. The second-order valence-corrected chi connectivity index (χ2v) is 8.44. The van der Waals surface area contributed by atoms with Gasteiger partial charge in [0, 0.05) is 29.4 Å². The van der Waals surface area contributed by atoms with Gasteiger partial charge in [0.15, 0.2) is 14.9 Å². The number of benzene rings is 1. The molecule has 2 aromatic heterocycles. The van der Waals surface area contributed by atoms with E-state index in [0.717, 1.165) is 28.9 Å². The number of carbonyl (C=O) groups excluding carboxylic acids is 1. The molecule has 0 spiro atoms. The molecule has 0 fully saturated rings. The SMILES string of the molecule is Cc1cc(/C=C\C(=O)Nc2ccc(S(C)(=O)=O)nc2)c(C)n1-c1ccccc1. The number of anilines is 1. The number of sulfone groups is 1. The molecule has 0 unspecified atom stereocenters. The maximum absolute atomic E-state index is 12.2. The average molecular weight is 395 g/mol. The van der Waals surface area contributed by atoms with Crippen molar-refractivity contribution in [1.82, 2.24) is 9.55 Å². The highest BCUT2D eigenvalue weighted by Crippen LogP contribution is 2.21. The highest BCUT2D eigenvalue weighted by atomic mass is 32.2. The van der Waals surface area contributed by atoms with Crippen LogP contribution in [-0.4, -0.2) is 30.1 Å². The van der Waals surface area contributed by atoms with E-state index < -0.39 is 9.84 Å². The summed E-state index contributed by atoms with van der Waals surface area (Å²) < 4.78 is 25.0. The number of nitrogens with zero attached hydrogens (tertiary/aromatic N) is 2. The summed E-state index contributed by atoms with van der Waals surface area (Å²) in [4.78, 5) is 16.0. The summed E-state index contributed by atoms with van der Waals surface area (Å²) in [6.45, 7) is 4.03. The molecule has 3 rings (SSSR count). The molecule has 1 N–H and O–H groups in total. The first-order valence-corrected chi connectivity index (χ1v) is 10.5. The Kier molecular flexibility index (Phi) is 5.46. The zero-order valence-corrected chi connectivity index (χ0v) is 16.7. The van der Waals surface area contributed by atoms with Crippen molar-refractivity contribution in [3.63, 3.8) is 0 Å². The topological polar surface area (TPSA) is 81.1 Å². The second-order valence-electron chi connectivity index (χ2n) is 6.48. The van der Waals surface area contributed by atoms with Crippen LogP contribution in [-0.2, 0) is 14.6 Å². The third-order valence-electron chi connectivity index (χ3n) is 4.28. The maximum atomic E-state index is 12.2. The van der Waals surface area contributed by atoms with Crippen LogP contribution in [0.25, 0.3) is 11.8 Å². The molecule has 3 aromatic rings. The molecule has 6 nitrogen and oxygen atoms in total. The van der Waals surface area contributed by atoms with Crippen LogP contribution in [0.1, 0.15) is 17.0 Å². The van der Waals surface area contributed by atoms with Crippen molar-refractivity contribution >= 4 is 27.5 Å². The van der Waals surface area contributed by atoms with E-state index in [0.29, 0.717) is 5.69 Å². The summed E-state index contributed by atoms with van der Waals surface area (Å²) in [5.41, 5.74) is 4.55. The van der Waals surface area contributed by atoms with E-state index in [1.54, 1.807) is 6.08 Å². The molecular weight excluding hydrogens is 374 g/mol. The summed E-state index contributed by atoms with van der Waals surface area (Å²) in [5, 5.41) is 2.64. The van der Waals surface area contributed by atoms with Crippen LogP contribution in [0.5, 0.6) is 0 Å². The van der Waals surface area contributed by atoms with Crippen molar-refractivity contribution in [3.8, 4) is 5.69 Å². The Hall–Kier alpha value is -3.19. The molecule has 0 atom stereocenters. The molecule has 0 saturated carbocycles. The molecule has 0 radical (unpaired) electrons. The minimum Gasteiger partial charge on any atom is -0.321 e. The molecule has 7 heteroatoms. The van der Waals surface area contributed by atoms with Crippen molar-refractivity contribution < 1.29 is 13.2 Å². The number of hydrogen-bond acceptors (Lipinski definition) is 4. The third kappa shape index (κ3) is 4.37. The number of amides is 1. The van der Waals surface area contributed by atoms with Crippen molar-refractivity contribution in [2.75, 3.05) is 11.6 Å². The van der Waals surface area contributed by atoms with Crippen LogP contribution in [0.2, 0.25) is 0 Å². The van der Waals surface area contributed by atoms with Crippen molar-refractivity contribution in [2.45, 2.75) is 18.9 Å². The van der Waals surface area contributed by atoms with E-state index in [-0.39, 0.29) is 10.9 Å². The van der Waals surface area contributed by atoms with Gasteiger partial charge < -0.3 is 9.88 Å². The fourth-order valence-electron chi connectivity index (χ4n) is 2.95. The first kappa shape index (κ1) is 19.6. The van der Waals surface area contributed by atoms with Gasteiger partial charge in [0.25, 0.3) is 0 Å². The van der Waals surface area contributed by atoms with E-state index in [9.17, 15) is 13.2 Å². The largest absolute Gasteiger partial charge is 0.321 e. The van der Waals surface area contributed by atoms with Crippen LogP contribution in [0.15, 0.2) is 65.8 Å². The van der Waals surface area contributed by atoms with Crippen molar-refractivity contribution in [3.05, 3.63) is 77.8 Å². The molecule has 1 amide bonds. The molecule has 2 heterocycles. The van der Waals surface area contributed by atoms with Crippen LogP contribution in [0, 0.1) is 13.8 Å². The predicted molar refractivity (Wildman–Crippen MR) is 110 cm³/mol. The summed E-state index contributed by atoms with van der Waals surface area (Å²) in [6, 6.07) is 14.9. The van der Waals surface area contributed by atoms with Crippen LogP contribution in [0.3, 0.4) is 0 Å². The number of nitrogens with one attached hydrogen (secondary N) is 1. The number of para-hydroxylation sites is 1. The Morgan fingerprint density at radius 1 is 1.11 bits per heavy atom. The number of hydrogen-bond donors (Lipinski definition) is 1. The maximum Gasteiger partial charge on any atom is 0.248 e. The summed E-state index contributed by atoms with van der Waals surface area (Å²) >= 11 is 0. The highest BCUT2D eigenvalue weighted by Gasteiger charge is 2.10. The molecular formula is C21H21N3O3S. The highest BCUT2D eigenvalue weighted by molar-refractivity contribution is 7.90. The lowest BCUT2D eigenvalue weighted by Gasteiger charge is -2.09. The van der Waals surface area contributed by atoms with Gasteiger partial charge in [-0.25, -0.2) is 13.4 Å². The predicted octanol–water partition coefficient (Wildman–Crippen LogP) is 3.54. The fraction of sp³-hybridized carbons (Fsp3) is 0.143. The van der Waals surface area contributed by atoms with Crippen LogP contribution < -0.4 is 5.32 Å².